The number of nitrogens with two attached hydrogens (primary N) is 2. The van der Waals surface area contributed by atoms with E-state index in [0.29, 0.717) is 21.6 Å². The van der Waals surface area contributed by atoms with Gasteiger partial charge < -0.3 is 16.2 Å². The number of ether oxygens (including phenoxy) is 1. The monoisotopic (exact) mass is 325 g/mol. The molecule has 0 radical (unpaired) electrons. The Morgan fingerprint density at radius 1 is 1.24 bits per heavy atom. The van der Waals surface area contributed by atoms with Crippen molar-refractivity contribution in [3.05, 3.63) is 23.0 Å². The summed E-state index contributed by atoms with van der Waals surface area (Å²) in [6.45, 7) is 4.09. The smallest absolute Gasteiger partial charge is 0.232 e. The van der Waals surface area contributed by atoms with E-state index in [1.165, 1.54) is 18.9 Å². The summed E-state index contributed by atoms with van der Waals surface area (Å²) < 4.78 is 5.16. The highest BCUT2D eigenvalue weighted by Gasteiger charge is 2.16. The molecule has 0 saturated heterocycles. The van der Waals surface area contributed by atoms with Crippen LogP contribution >= 0.6 is 23.4 Å². The van der Waals surface area contributed by atoms with Crippen molar-refractivity contribution in [1.82, 2.24) is 15.0 Å². The van der Waals surface area contributed by atoms with E-state index in [1.807, 2.05) is 19.9 Å². The van der Waals surface area contributed by atoms with Gasteiger partial charge in [-0.15, -0.1) is 0 Å². The van der Waals surface area contributed by atoms with Crippen LogP contribution in [0.3, 0.4) is 0 Å². The molecular formula is C13H16ClN5OS. The van der Waals surface area contributed by atoms with Crippen molar-refractivity contribution in [1.29, 1.82) is 0 Å². The van der Waals surface area contributed by atoms with Gasteiger partial charge in [-0.05, 0) is 12.0 Å². The molecule has 112 valence electrons. The van der Waals surface area contributed by atoms with Crippen LogP contribution in [-0.4, -0.2) is 22.1 Å². The summed E-state index contributed by atoms with van der Waals surface area (Å²) in [5, 5.41) is 0.444. The normalized spacial score (nSPS) is 10.9. The number of anilines is 2. The predicted molar refractivity (Wildman–Crippen MR) is 84.9 cm³/mol. The lowest BCUT2D eigenvalue weighted by Crippen LogP contribution is -2.02. The zero-order chi connectivity index (χ0) is 15.6. The molecule has 0 spiro atoms. The van der Waals surface area contributed by atoms with E-state index in [4.69, 9.17) is 27.8 Å². The quantitative estimate of drug-likeness (QED) is 0.891. The standard InChI is InChI=1S/C13H16ClN5OS/c1-6(2)10-8(4-7(14)12(18-10)20-3)21-9-5-17-13(16)19-11(9)15/h4-6H,1-3H3,(H4,15,16,17,19). The van der Waals surface area contributed by atoms with Crippen molar-refractivity contribution in [3.8, 4) is 5.88 Å². The molecule has 6 nitrogen and oxygen atoms in total. The molecule has 0 aromatic carbocycles. The molecule has 0 unspecified atom stereocenters. The van der Waals surface area contributed by atoms with E-state index in [1.54, 1.807) is 6.20 Å². The van der Waals surface area contributed by atoms with Gasteiger partial charge in [0.25, 0.3) is 0 Å². The summed E-state index contributed by atoms with van der Waals surface area (Å²) in [6, 6.07) is 1.81. The molecule has 0 bridgehead atoms. The summed E-state index contributed by atoms with van der Waals surface area (Å²) in [6.07, 6.45) is 1.59. The Morgan fingerprint density at radius 2 is 1.95 bits per heavy atom. The van der Waals surface area contributed by atoms with Crippen molar-refractivity contribution in [3.63, 3.8) is 0 Å². The van der Waals surface area contributed by atoms with Gasteiger partial charge in [-0.1, -0.05) is 37.2 Å². The third-order valence-corrected chi connectivity index (χ3v) is 4.05. The van der Waals surface area contributed by atoms with E-state index in [2.05, 4.69) is 15.0 Å². The van der Waals surface area contributed by atoms with Crippen LogP contribution in [0.1, 0.15) is 25.5 Å². The fraction of sp³-hybridized carbons (Fsp3) is 0.308. The molecule has 2 rings (SSSR count). The molecule has 0 aliphatic heterocycles. The fourth-order valence-corrected chi connectivity index (χ4v) is 3.05. The van der Waals surface area contributed by atoms with Crippen molar-refractivity contribution in [2.45, 2.75) is 29.6 Å². The minimum Gasteiger partial charge on any atom is -0.480 e. The van der Waals surface area contributed by atoms with E-state index in [-0.39, 0.29) is 11.9 Å². The number of methoxy groups -OCH3 is 1. The minimum atomic E-state index is 0.145. The van der Waals surface area contributed by atoms with Gasteiger partial charge in [-0.25, -0.2) is 9.97 Å². The Balaban J connectivity index is 2.45. The average molecular weight is 326 g/mol. The molecule has 4 N–H and O–H groups in total. The first kappa shape index (κ1) is 15.7. The van der Waals surface area contributed by atoms with Crippen molar-refractivity contribution < 1.29 is 4.74 Å². The van der Waals surface area contributed by atoms with Crippen LogP contribution in [0.5, 0.6) is 5.88 Å². The highest BCUT2D eigenvalue weighted by Crippen LogP contribution is 2.38. The van der Waals surface area contributed by atoms with Gasteiger partial charge in [0.1, 0.15) is 10.8 Å². The van der Waals surface area contributed by atoms with Gasteiger partial charge in [0.2, 0.25) is 11.8 Å². The Morgan fingerprint density at radius 3 is 2.52 bits per heavy atom. The first-order valence-corrected chi connectivity index (χ1v) is 7.42. The Labute approximate surface area is 132 Å². The molecule has 0 atom stereocenters. The number of nitrogens with zero attached hydrogens (tertiary/aromatic N) is 3. The fourth-order valence-electron chi connectivity index (χ4n) is 1.70. The second-order valence-corrected chi connectivity index (χ2v) is 6.09. The van der Waals surface area contributed by atoms with Crippen LogP contribution in [0, 0.1) is 0 Å². The Hall–Kier alpha value is -1.73. The van der Waals surface area contributed by atoms with E-state index >= 15 is 0 Å². The zero-order valence-corrected chi connectivity index (χ0v) is 13.5. The summed E-state index contributed by atoms with van der Waals surface area (Å²) >= 11 is 7.56. The molecule has 0 saturated carbocycles. The maximum atomic E-state index is 6.15. The second kappa shape index (κ2) is 6.36. The van der Waals surface area contributed by atoms with Crippen LogP contribution in [0.4, 0.5) is 11.8 Å². The maximum absolute atomic E-state index is 6.15. The van der Waals surface area contributed by atoms with Gasteiger partial charge in [0.15, 0.2) is 0 Å². The highest BCUT2D eigenvalue weighted by molar-refractivity contribution is 7.99. The van der Waals surface area contributed by atoms with E-state index in [9.17, 15) is 0 Å². The van der Waals surface area contributed by atoms with Crippen LogP contribution in [0.15, 0.2) is 22.1 Å². The van der Waals surface area contributed by atoms with Gasteiger partial charge in [-0.3, -0.25) is 0 Å². The SMILES string of the molecule is COc1nc(C(C)C)c(Sc2cnc(N)nc2N)cc1Cl. The topological polar surface area (TPSA) is 99.9 Å². The zero-order valence-electron chi connectivity index (χ0n) is 11.9. The number of halogens is 1. The third kappa shape index (κ3) is 3.48. The molecule has 0 amide bonds. The summed E-state index contributed by atoms with van der Waals surface area (Å²) in [5.74, 6) is 1.09. The number of nitrogen functional groups attached to an aromatic ring is 2. The summed E-state index contributed by atoms with van der Waals surface area (Å²) in [7, 11) is 1.54. The van der Waals surface area contributed by atoms with Gasteiger partial charge in [0.05, 0.1) is 17.7 Å². The third-order valence-electron chi connectivity index (χ3n) is 2.70. The molecule has 2 aromatic heterocycles. The molecule has 2 heterocycles. The number of hydrogen-bond acceptors (Lipinski definition) is 7. The van der Waals surface area contributed by atoms with Crippen LogP contribution in [0.2, 0.25) is 5.02 Å². The molecular weight excluding hydrogens is 310 g/mol. The number of aromatic nitrogens is 3. The predicted octanol–water partition coefficient (Wildman–Crippen LogP) is 2.97. The van der Waals surface area contributed by atoms with Crippen molar-refractivity contribution in [2.75, 3.05) is 18.6 Å². The largest absolute Gasteiger partial charge is 0.480 e. The minimum absolute atomic E-state index is 0.145. The van der Waals surface area contributed by atoms with E-state index in [0.717, 1.165) is 10.6 Å². The lowest BCUT2D eigenvalue weighted by Gasteiger charge is -2.14. The molecule has 0 aliphatic rings. The number of hydrogen-bond donors (Lipinski definition) is 2. The molecule has 21 heavy (non-hydrogen) atoms. The first-order valence-electron chi connectivity index (χ1n) is 6.22. The van der Waals surface area contributed by atoms with Gasteiger partial charge >= 0.3 is 0 Å². The summed E-state index contributed by atoms with van der Waals surface area (Å²) in [5.41, 5.74) is 12.2. The number of rotatable bonds is 4. The highest BCUT2D eigenvalue weighted by atomic mass is 35.5. The van der Waals surface area contributed by atoms with Crippen LogP contribution in [-0.2, 0) is 0 Å². The summed E-state index contributed by atoms with van der Waals surface area (Å²) in [4.78, 5) is 13.9. The lowest BCUT2D eigenvalue weighted by atomic mass is 10.1. The van der Waals surface area contributed by atoms with E-state index < -0.39 is 0 Å². The average Bonchev–Trinajstić information content (AvgIpc) is 2.41. The first-order chi connectivity index (χ1) is 9.92. The molecule has 0 aliphatic carbocycles. The second-order valence-electron chi connectivity index (χ2n) is 4.60. The van der Waals surface area contributed by atoms with Crippen LogP contribution in [0.25, 0.3) is 0 Å². The lowest BCUT2D eigenvalue weighted by molar-refractivity contribution is 0.395. The number of pyridine rings is 1. The van der Waals surface area contributed by atoms with Gasteiger partial charge in [-0.2, -0.15) is 4.98 Å². The van der Waals surface area contributed by atoms with Crippen molar-refractivity contribution in [2.24, 2.45) is 0 Å². The van der Waals surface area contributed by atoms with Crippen LogP contribution < -0.4 is 16.2 Å². The Bertz CT molecular complexity index is 665. The van der Waals surface area contributed by atoms with Crippen molar-refractivity contribution >= 4 is 35.1 Å². The Kier molecular flexibility index (Phi) is 4.74. The van der Waals surface area contributed by atoms with Gasteiger partial charge in [0, 0.05) is 11.1 Å². The maximum Gasteiger partial charge on any atom is 0.232 e. The molecule has 0 fully saturated rings. The molecule has 2 aromatic rings. The molecule has 8 heteroatoms.